The van der Waals surface area contributed by atoms with E-state index in [-0.39, 0.29) is 0 Å². The summed E-state index contributed by atoms with van der Waals surface area (Å²) in [6.45, 7) is 5.70. The van der Waals surface area contributed by atoms with E-state index in [1.807, 2.05) is 0 Å². The number of aromatic nitrogens is 1. The normalized spacial score (nSPS) is 12.4. The topological polar surface area (TPSA) is 36.7 Å². The van der Waals surface area contributed by atoms with Gasteiger partial charge in [-0.2, -0.15) is 5.26 Å². The lowest BCUT2D eigenvalue weighted by Crippen LogP contribution is -1.93. The molecule has 2 rings (SSSR count). The number of nitrogens with zero attached hydrogens (tertiary/aromatic N) is 2. The third-order valence-electron chi connectivity index (χ3n) is 2.40. The summed E-state index contributed by atoms with van der Waals surface area (Å²) < 4.78 is 0. The Morgan fingerprint density at radius 3 is 2.64 bits per heavy atom. The molecule has 1 aromatic heterocycles. The Bertz CT molecular complexity index is 361. The van der Waals surface area contributed by atoms with Gasteiger partial charge in [0.25, 0.3) is 0 Å². The number of fused-ring (bicyclic) bond motifs is 1. The first-order valence-electron chi connectivity index (χ1n) is 4.96. The van der Waals surface area contributed by atoms with Crippen LogP contribution in [0.3, 0.4) is 0 Å². The Labute approximate surface area is 85.6 Å². The van der Waals surface area contributed by atoms with E-state index in [0.29, 0.717) is 0 Å². The molecule has 0 aliphatic heterocycles. The van der Waals surface area contributed by atoms with Crippen molar-refractivity contribution in [3.63, 3.8) is 0 Å². The molecule has 0 bridgehead atoms. The zero-order chi connectivity index (χ0) is 10.6. The van der Waals surface area contributed by atoms with Crippen LogP contribution in [0, 0.1) is 25.2 Å². The summed E-state index contributed by atoms with van der Waals surface area (Å²) in [5.41, 5.74) is 5.46. The van der Waals surface area contributed by atoms with E-state index in [0.717, 1.165) is 0 Å². The van der Waals surface area contributed by atoms with Crippen molar-refractivity contribution in [2.45, 2.75) is 40.0 Å². The van der Waals surface area contributed by atoms with Crippen LogP contribution in [0.5, 0.6) is 0 Å². The summed E-state index contributed by atoms with van der Waals surface area (Å²) in [6.07, 6.45) is 3.74. The van der Waals surface area contributed by atoms with E-state index < -0.39 is 0 Å². The molecule has 0 saturated heterocycles. The zero-order valence-corrected chi connectivity index (χ0v) is 9.09. The molecule has 14 heavy (non-hydrogen) atoms. The van der Waals surface area contributed by atoms with Crippen LogP contribution in [0.25, 0.3) is 0 Å². The first-order chi connectivity index (χ1) is 6.69. The van der Waals surface area contributed by atoms with Crippen LogP contribution >= 0.6 is 0 Å². The van der Waals surface area contributed by atoms with Crippen molar-refractivity contribution in [1.82, 2.24) is 4.98 Å². The van der Waals surface area contributed by atoms with E-state index >= 15 is 0 Å². The molecule has 0 unspecified atom stereocenters. The van der Waals surface area contributed by atoms with Crippen molar-refractivity contribution >= 4 is 0 Å². The number of nitriles is 1. The summed E-state index contributed by atoms with van der Waals surface area (Å²) in [5.74, 6) is 0. The standard InChI is InChI=1S/C10H13N.C2H3N/c1-7-6-8(2)11-10-5-3-4-9(7)10;1-2-3/h6H,3-5H2,1-2H3;1H3. The van der Waals surface area contributed by atoms with Gasteiger partial charge in [0.2, 0.25) is 0 Å². The van der Waals surface area contributed by atoms with E-state index in [4.69, 9.17) is 5.26 Å². The number of hydrogen-bond donors (Lipinski definition) is 0. The molecular weight excluding hydrogens is 172 g/mol. The minimum Gasteiger partial charge on any atom is -0.258 e. The van der Waals surface area contributed by atoms with Crippen molar-refractivity contribution in [3.8, 4) is 6.07 Å². The average Bonchev–Trinajstić information content (AvgIpc) is 2.53. The predicted octanol–water partition coefficient (Wildman–Crippen LogP) is 2.72. The van der Waals surface area contributed by atoms with Crippen LogP contribution in [-0.2, 0) is 12.8 Å². The lowest BCUT2D eigenvalue weighted by atomic mass is 10.1. The minimum absolute atomic E-state index is 1.17. The summed E-state index contributed by atoms with van der Waals surface area (Å²) >= 11 is 0. The molecule has 0 amide bonds. The fraction of sp³-hybridized carbons (Fsp3) is 0.500. The van der Waals surface area contributed by atoms with E-state index in [2.05, 4.69) is 24.9 Å². The van der Waals surface area contributed by atoms with Gasteiger partial charge >= 0.3 is 0 Å². The fourth-order valence-corrected chi connectivity index (χ4v) is 1.92. The highest BCUT2D eigenvalue weighted by Gasteiger charge is 2.13. The van der Waals surface area contributed by atoms with Gasteiger partial charge in [-0.3, -0.25) is 4.98 Å². The molecule has 0 aromatic carbocycles. The monoisotopic (exact) mass is 188 g/mol. The fourth-order valence-electron chi connectivity index (χ4n) is 1.92. The van der Waals surface area contributed by atoms with Crippen molar-refractivity contribution in [3.05, 3.63) is 28.6 Å². The third-order valence-corrected chi connectivity index (χ3v) is 2.40. The quantitative estimate of drug-likeness (QED) is 0.627. The molecular formula is C12H16N2. The number of rotatable bonds is 0. The molecule has 0 N–H and O–H groups in total. The smallest absolute Gasteiger partial charge is 0.0587 e. The van der Waals surface area contributed by atoms with Gasteiger partial charge in [0.05, 0.1) is 6.07 Å². The number of aryl methyl sites for hydroxylation is 3. The summed E-state index contributed by atoms with van der Waals surface area (Å²) in [4.78, 5) is 4.51. The molecule has 0 atom stereocenters. The molecule has 2 nitrogen and oxygen atoms in total. The van der Waals surface area contributed by atoms with Gasteiger partial charge in [0, 0.05) is 18.3 Å². The third kappa shape index (κ3) is 2.32. The molecule has 0 saturated carbocycles. The van der Waals surface area contributed by atoms with Gasteiger partial charge in [-0.05, 0) is 50.3 Å². The first kappa shape index (κ1) is 10.7. The molecule has 0 spiro atoms. The van der Waals surface area contributed by atoms with Gasteiger partial charge in [0.15, 0.2) is 0 Å². The number of hydrogen-bond acceptors (Lipinski definition) is 2. The van der Waals surface area contributed by atoms with Crippen LogP contribution in [0.15, 0.2) is 6.07 Å². The Balaban J connectivity index is 0.000000293. The van der Waals surface area contributed by atoms with Gasteiger partial charge in [0.1, 0.15) is 0 Å². The van der Waals surface area contributed by atoms with Crippen molar-refractivity contribution in [2.75, 3.05) is 0 Å². The molecule has 1 aromatic rings. The second-order valence-electron chi connectivity index (χ2n) is 3.58. The molecule has 1 aliphatic rings. The van der Waals surface area contributed by atoms with Crippen LogP contribution in [-0.4, -0.2) is 4.98 Å². The number of pyridine rings is 1. The van der Waals surface area contributed by atoms with E-state index in [9.17, 15) is 0 Å². The van der Waals surface area contributed by atoms with Gasteiger partial charge in [-0.15, -0.1) is 0 Å². The summed E-state index contributed by atoms with van der Waals surface area (Å²) in [5, 5.41) is 7.32. The molecule has 2 heteroatoms. The van der Waals surface area contributed by atoms with Crippen LogP contribution in [0.1, 0.15) is 35.9 Å². The minimum atomic E-state index is 1.17. The Hall–Kier alpha value is -1.36. The van der Waals surface area contributed by atoms with Crippen LogP contribution in [0.2, 0.25) is 0 Å². The maximum absolute atomic E-state index is 7.32. The first-order valence-corrected chi connectivity index (χ1v) is 4.96. The van der Waals surface area contributed by atoms with Gasteiger partial charge in [-0.25, -0.2) is 0 Å². The molecule has 74 valence electrons. The highest BCUT2D eigenvalue weighted by molar-refractivity contribution is 5.34. The average molecular weight is 188 g/mol. The van der Waals surface area contributed by atoms with E-state index in [1.165, 1.54) is 48.7 Å². The summed E-state index contributed by atoms with van der Waals surface area (Å²) in [7, 11) is 0. The second-order valence-corrected chi connectivity index (χ2v) is 3.58. The van der Waals surface area contributed by atoms with Crippen LogP contribution < -0.4 is 0 Å². The van der Waals surface area contributed by atoms with Crippen molar-refractivity contribution in [1.29, 1.82) is 5.26 Å². The SMILES string of the molecule is CC#N.Cc1cc(C)c2c(n1)CCC2. The zero-order valence-electron chi connectivity index (χ0n) is 9.09. The highest BCUT2D eigenvalue weighted by atomic mass is 14.7. The van der Waals surface area contributed by atoms with Crippen molar-refractivity contribution < 1.29 is 0 Å². The van der Waals surface area contributed by atoms with Crippen molar-refractivity contribution in [2.24, 2.45) is 0 Å². The molecule has 1 heterocycles. The molecule has 0 radical (unpaired) electrons. The van der Waals surface area contributed by atoms with Gasteiger partial charge < -0.3 is 0 Å². The van der Waals surface area contributed by atoms with Crippen LogP contribution in [0.4, 0.5) is 0 Å². The Kier molecular flexibility index (Phi) is 3.64. The van der Waals surface area contributed by atoms with Gasteiger partial charge in [-0.1, -0.05) is 0 Å². The summed E-state index contributed by atoms with van der Waals surface area (Å²) in [6, 6.07) is 3.93. The molecule has 1 aliphatic carbocycles. The molecule has 0 fully saturated rings. The Morgan fingerprint density at radius 1 is 1.36 bits per heavy atom. The van der Waals surface area contributed by atoms with E-state index in [1.54, 1.807) is 6.07 Å². The lowest BCUT2D eigenvalue weighted by Gasteiger charge is -2.03. The maximum Gasteiger partial charge on any atom is 0.0587 e. The Morgan fingerprint density at radius 2 is 2.00 bits per heavy atom. The largest absolute Gasteiger partial charge is 0.258 e. The second kappa shape index (κ2) is 4.76. The highest BCUT2D eigenvalue weighted by Crippen LogP contribution is 2.23. The maximum atomic E-state index is 7.32. The predicted molar refractivity (Wildman–Crippen MR) is 57.0 cm³/mol. The lowest BCUT2D eigenvalue weighted by molar-refractivity contribution is 0.896.